The molecule has 33 heavy (non-hydrogen) atoms. The van der Waals surface area contributed by atoms with Gasteiger partial charge in [0.2, 0.25) is 0 Å². The van der Waals surface area contributed by atoms with E-state index in [0.717, 1.165) is 51.0 Å². The molecule has 1 aliphatic heterocycles. The van der Waals surface area contributed by atoms with Crippen molar-refractivity contribution in [3.05, 3.63) is 70.8 Å². The Morgan fingerprint density at radius 2 is 1.97 bits per heavy atom. The molecule has 0 saturated carbocycles. The Kier molecular flexibility index (Phi) is 5.77. The summed E-state index contributed by atoms with van der Waals surface area (Å²) < 4.78 is 5.86. The van der Waals surface area contributed by atoms with E-state index in [1.807, 2.05) is 62.6 Å². The predicted molar refractivity (Wildman–Crippen MR) is 134 cm³/mol. The summed E-state index contributed by atoms with van der Waals surface area (Å²) in [6.07, 6.45) is 2.55. The summed E-state index contributed by atoms with van der Waals surface area (Å²) in [6.45, 7) is 1.97. The average Bonchev–Trinajstić information content (AvgIpc) is 3.40. The first-order valence-electron chi connectivity index (χ1n) is 11.2. The van der Waals surface area contributed by atoms with E-state index in [2.05, 4.69) is 4.90 Å². The Labute approximate surface area is 198 Å². The molecule has 5 nitrogen and oxygen atoms in total. The van der Waals surface area contributed by atoms with Crippen LogP contribution in [0.2, 0.25) is 0 Å². The van der Waals surface area contributed by atoms with Gasteiger partial charge in [-0.2, -0.15) is 0 Å². The number of carbonyl (C=O) groups is 1. The smallest absolute Gasteiger partial charge is 0.254 e. The van der Waals surface area contributed by atoms with Crippen molar-refractivity contribution < 1.29 is 14.6 Å². The zero-order valence-corrected chi connectivity index (χ0v) is 19.6. The first-order chi connectivity index (χ1) is 16.0. The van der Waals surface area contributed by atoms with Crippen molar-refractivity contribution in [1.82, 2.24) is 4.90 Å². The number of halogens is 1. The Hall–Kier alpha value is -3.02. The second-order valence-corrected chi connectivity index (χ2v) is 9.31. The van der Waals surface area contributed by atoms with E-state index >= 15 is 0 Å². The van der Waals surface area contributed by atoms with Gasteiger partial charge < -0.3 is 19.6 Å². The van der Waals surface area contributed by atoms with Crippen LogP contribution in [0.5, 0.6) is 11.5 Å². The number of hydrogen-bond donors (Lipinski definition) is 1. The molecule has 0 unspecified atom stereocenters. The number of alkyl halides is 1. The van der Waals surface area contributed by atoms with Crippen LogP contribution in [-0.4, -0.2) is 55.6 Å². The Morgan fingerprint density at radius 3 is 2.73 bits per heavy atom. The third-order valence-corrected chi connectivity index (χ3v) is 6.86. The lowest BCUT2D eigenvalue weighted by atomic mass is 9.95. The second-order valence-electron chi connectivity index (χ2n) is 9.00. The lowest BCUT2D eigenvalue weighted by Crippen LogP contribution is -2.31. The highest BCUT2D eigenvalue weighted by atomic mass is 35.5. The lowest BCUT2D eigenvalue weighted by molar-refractivity contribution is -0.115. The van der Waals surface area contributed by atoms with Crippen molar-refractivity contribution in [1.29, 1.82) is 0 Å². The number of hydrogen-bond acceptors (Lipinski definition) is 4. The van der Waals surface area contributed by atoms with Gasteiger partial charge >= 0.3 is 0 Å². The van der Waals surface area contributed by atoms with Gasteiger partial charge in [0, 0.05) is 48.3 Å². The minimum absolute atomic E-state index is 0.0252. The molecule has 1 heterocycles. The SMILES string of the molecule is CN(C)CCOc1ccc2c(c1)C=C(C(=O)N1C[C@@H](CCl)c3c1cc(O)c1ccccc31)C2. The number of anilines is 1. The van der Waals surface area contributed by atoms with Crippen molar-refractivity contribution in [2.75, 3.05) is 44.6 Å². The summed E-state index contributed by atoms with van der Waals surface area (Å²) in [5.74, 6) is 1.40. The average molecular weight is 463 g/mol. The van der Waals surface area contributed by atoms with Gasteiger partial charge in [-0.3, -0.25) is 4.79 Å². The number of rotatable bonds is 6. The van der Waals surface area contributed by atoms with Crippen molar-refractivity contribution >= 4 is 40.0 Å². The van der Waals surface area contributed by atoms with Gasteiger partial charge in [-0.05, 0) is 54.4 Å². The third kappa shape index (κ3) is 3.96. The third-order valence-electron chi connectivity index (χ3n) is 6.49. The van der Waals surface area contributed by atoms with Gasteiger partial charge in [-0.1, -0.05) is 30.3 Å². The number of carbonyl (C=O) groups excluding carboxylic acids is 1. The van der Waals surface area contributed by atoms with E-state index in [9.17, 15) is 9.90 Å². The van der Waals surface area contributed by atoms with Gasteiger partial charge in [0.25, 0.3) is 5.91 Å². The van der Waals surface area contributed by atoms with Crippen LogP contribution in [0.15, 0.2) is 54.1 Å². The number of likely N-dealkylation sites (N-methyl/N-ethyl adjacent to an activating group) is 1. The number of benzene rings is 3. The summed E-state index contributed by atoms with van der Waals surface area (Å²) in [4.78, 5) is 17.5. The molecule has 1 N–H and O–H groups in total. The van der Waals surface area contributed by atoms with Gasteiger partial charge in [-0.15, -0.1) is 11.6 Å². The fourth-order valence-corrected chi connectivity index (χ4v) is 5.06. The highest BCUT2D eigenvalue weighted by molar-refractivity contribution is 6.19. The minimum atomic E-state index is -0.0372. The largest absolute Gasteiger partial charge is 0.507 e. The van der Waals surface area contributed by atoms with Crippen molar-refractivity contribution in [3.63, 3.8) is 0 Å². The van der Waals surface area contributed by atoms with Crippen molar-refractivity contribution in [2.24, 2.45) is 0 Å². The van der Waals surface area contributed by atoms with Crippen molar-refractivity contribution in [2.45, 2.75) is 12.3 Å². The van der Waals surface area contributed by atoms with E-state index in [0.29, 0.717) is 25.5 Å². The molecule has 3 aromatic rings. The van der Waals surface area contributed by atoms with Crippen LogP contribution in [0.3, 0.4) is 0 Å². The molecule has 0 fully saturated rings. The molecule has 0 saturated heterocycles. The van der Waals surface area contributed by atoms with Crippen LogP contribution < -0.4 is 9.64 Å². The van der Waals surface area contributed by atoms with Gasteiger partial charge in [0.05, 0.1) is 5.69 Å². The molecule has 3 aromatic carbocycles. The molecule has 1 atom stereocenters. The molecule has 1 amide bonds. The zero-order valence-electron chi connectivity index (χ0n) is 18.8. The first-order valence-corrected chi connectivity index (χ1v) is 11.7. The van der Waals surface area contributed by atoms with Crippen LogP contribution in [0.25, 0.3) is 16.8 Å². The number of phenolic OH excluding ortho intramolecular Hbond substituents is 1. The predicted octanol–water partition coefficient (Wildman–Crippen LogP) is 4.79. The van der Waals surface area contributed by atoms with E-state index in [1.54, 1.807) is 11.0 Å². The zero-order chi connectivity index (χ0) is 23.1. The molecule has 2 aliphatic rings. The first kappa shape index (κ1) is 21.8. The number of amides is 1. The summed E-state index contributed by atoms with van der Waals surface area (Å²) in [6, 6.07) is 15.5. The quantitative estimate of drug-likeness (QED) is 0.535. The minimum Gasteiger partial charge on any atom is -0.507 e. The highest BCUT2D eigenvalue weighted by Crippen LogP contribution is 2.46. The molecule has 6 heteroatoms. The second kappa shape index (κ2) is 8.73. The molecule has 0 aromatic heterocycles. The van der Waals surface area contributed by atoms with Gasteiger partial charge in [-0.25, -0.2) is 0 Å². The highest BCUT2D eigenvalue weighted by Gasteiger charge is 2.36. The maximum atomic E-state index is 13.6. The standard InChI is InChI=1S/C27H27ClN2O3/c1-29(2)9-10-33-21-8-7-17-11-19(12-18(17)13-21)27(32)30-16-20(15-28)26-23-6-4-3-5-22(23)25(31)14-24(26)30/h3-8,12-14,20,31H,9-11,15-16H2,1-2H3/t20-/m1/s1. The fraction of sp³-hybridized carbons (Fsp3) is 0.296. The number of nitrogens with zero attached hydrogens (tertiary/aromatic N) is 2. The normalized spacial score (nSPS) is 16.8. The van der Waals surface area contributed by atoms with Crippen LogP contribution in [0.4, 0.5) is 5.69 Å². The number of aromatic hydroxyl groups is 1. The Balaban J connectivity index is 1.43. The molecule has 0 spiro atoms. The van der Waals surface area contributed by atoms with Crippen LogP contribution >= 0.6 is 11.6 Å². The molecule has 5 rings (SSSR count). The number of fused-ring (bicyclic) bond motifs is 4. The van der Waals surface area contributed by atoms with E-state index in [4.69, 9.17) is 16.3 Å². The maximum absolute atomic E-state index is 13.6. The Bertz CT molecular complexity index is 1270. The summed E-state index contributed by atoms with van der Waals surface area (Å²) in [5.41, 5.74) is 4.68. The van der Waals surface area contributed by atoms with Gasteiger partial charge in [0.1, 0.15) is 18.1 Å². The van der Waals surface area contributed by atoms with Gasteiger partial charge in [0.15, 0.2) is 0 Å². The van der Waals surface area contributed by atoms with E-state index in [-0.39, 0.29) is 17.6 Å². The van der Waals surface area contributed by atoms with Crippen LogP contribution in [0.1, 0.15) is 22.6 Å². The molecule has 0 radical (unpaired) electrons. The topological polar surface area (TPSA) is 53.0 Å². The molecular weight excluding hydrogens is 436 g/mol. The summed E-state index contributed by atoms with van der Waals surface area (Å²) in [7, 11) is 4.03. The Morgan fingerprint density at radius 1 is 1.18 bits per heavy atom. The van der Waals surface area contributed by atoms with E-state index < -0.39 is 0 Å². The molecular formula is C27H27ClN2O3. The molecule has 1 aliphatic carbocycles. The van der Waals surface area contributed by atoms with E-state index in [1.165, 1.54) is 0 Å². The number of ether oxygens (including phenoxy) is 1. The maximum Gasteiger partial charge on any atom is 0.254 e. The number of phenols is 1. The summed E-state index contributed by atoms with van der Waals surface area (Å²) in [5, 5.41) is 12.4. The van der Waals surface area contributed by atoms with Crippen LogP contribution in [-0.2, 0) is 11.2 Å². The van der Waals surface area contributed by atoms with Crippen molar-refractivity contribution in [3.8, 4) is 11.5 Å². The summed E-state index contributed by atoms with van der Waals surface area (Å²) >= 11 is 6.32. The molecule has 170 valence electrons. The van der Waals surface area contributed by atoms with Crippen LogP contribution in [0, 0.1) is 0 Å². The fourth-order valence-electron chi connectivity index (χ4n) is 4.80. The molecule has 0 bridgehead atoms. The lowest BCUT2D eigenvalue weighted by Gasteiger charge is -2.19. The monoisotopic (exact) mass is 462 g/mol.